The summed E-state index contributed by atoms with van der Waals surface area (Å²) in [5.74, 6) is 0. The number of nitrogens with zero attached hydrogens (tertiary/aromatic N) is 2. The highest BCUT2D eigenvalue weighted by Gasteiger charge is 2.11. The van der Waals surface area contributed by atoms with Crippen LogP contribution in [0.2, 0.25) is 0 Å². The van der Waals surface area contributed by atoms with E-state index in [4.69, 9.17) is 5.73 Å². The highest BCUT2D eigenvalue weighted by atomic mass is 32.1. The van der Waals surface area contributed by atoms with Gasteiger partial charge in [0, 0.05) is 34.3 Å². The summed E-state index contributed by atoms with van der Waals surface area (Å²) in [5.41, 5.74) is 8.97. The first-order valence-corrected chi connectivity index (χ1v) is 7.08. The van der Waals surface area contributed by atoms with Gasteiger partial charge in [-0.15, -0.1) is 11.3 Å². The zero-order chi connectivity index (χ0) is 14.8. The van der Waals surface area contributed by atoms with Crippen LogP contribution in [-0.4, -0.2) is 9.91 Å². The molecule has 0 aliphatic heterocycles. The zero-order valence-electron chi connectivity index (χ0n) is 10.9. The van der Waals surface area contributed by atoms with Crippen molar-refractivity contribution in [2.75, 3.05) is 5.73 Å². The number of anilines is 1. The number of benzene rings is 2. The lowest BCUT2D eigenvalue weighted by Gasteiger charge is -2.00. The summed E-state index contributed by atoms with van der Waals surface area (Å²) in [5, 5.41) is 13.5. The van der Waals surface area contributed by atoms with Gasteiger partial charge in [-0.1, -0.05) is 24.3 Å². The first kappa shape index (κ1) is 13.3. The molecule has 0 saturated heterocycles. The quantitative estimate of drug-likeness (QED) is 0.450. The number of hydrogen-bond donors (Lipinski definition) is 1. The molecule has 6 heteroatoms. The number of nitro benzene ring substituents is 1. The Morgan fingerprint density at radius 1 is 1.14 bits per heavy atom. The molecule has 0 aliphatic rings. The molecule has 1 aromatic heterocycles. The number of nitrogen functional groups attached to an aromatic ring is 1. The summed E-state index contributed by atoms with van der Waals surface area (Å²) in [6, 6.07) is 14.0. The second-order valence-corrected chi connectivity index (χ2v) is 5.29. The maximum absolute atomic E-state index is 10.8. The first-order valence-electron chi connectivity index (χ1n) is 6.20. The van der Waals surface area contributed by atoms with Crippen molar-refractivity contribution in [2.24, 2.45) is 0 Å². The summed E-state index contributed by atoms with van der Waals surface area (Å²) >= 11 is 1.46. The van der Waals surface area contributed by atoms with Crippen LogP contribution in [0.4, 0.5) is 11.4 Å². The Labute approximate surface area is 124 Å². The third-order valence-electron chi connectivity index (χ3n) is 3.05. The molecule has 0 aliphatic carbocycles. The lowest BCUT2D eigenvalue weighted by Crippen LogP contribution is -1.89. The molecular weight excluding hydrogens is 286 g/mol. The Morgan fingerprint density at radius 3 is 2.71 bits per heavy atom. The molecule has 2 N–H and O–H groups in total. The van der Waals surface area contributed by atoms with Gasteiger partial charge in [0.2, 0.25) is 0 Å². The normalized spacial score (nSPS) is 10.5. The van der Waals surface area contributed by atoms with E-state index in [0.29, 0.717) is 11.4 Å². The molecule has 2 aromatic carbocycles. The van der Waals surface area contributed by atoms with Crippen molar-refractivity contribution in [1.82, 2.24) is 4.98 Å². The molecule has 1 heterocycles. The minimum absolute atomic E-state index is 0.0567. The SMILES string of the molecule is Nc1ccccc1-c1nc(-c2cccc([N+](=O)[O-])c2)cs1. The molecule has 21 heavy (non-hydrogen) atoms. The Morgan fingerprint density at radius 2 is 1.95 bits per heavy atom. The van der Waals surface area contributed by atoms with Gasteiger partial charge in [0.1, 0.15) is 5.01 Å². The van der Waals surface area contributed by atoms with Crippen LogP contribution in [0.5, 0.6) is 0 Å². The molecular formula is C15H11N3O2S. The van der Waals surface area contributed by atoms with Gasteiger partial charge in [0.25, 0.3) is 5.69 Å². The Kier molecular flexibility index (Phi) is 3.37. The van der Waals surface area contributed by atoms with E-state index < -0.39 is 4.92 Å². The standard InChI is InChI=1S/C15H11N3O2S/c16-13-7-2-1-6-12(13)15-17-14(9-21-15)10-4-3-5-11(8-10)18(19)20/h1-9H,16H2. The van der Waals surface area contributed by atoms with Gasteiger partial charge in [0.05, 0.1) is 10.6 Å². The molecule has 0 unspecified atom stereocenters. The van der Waals surface area contributed by atoms with Crippen molar-refractivity contribution in [3.8, 4) is 21.8 Å². The fourth-order valence-corrected chi connectivity index (χ4v) is 2.88. The van der Waals surface area contributed by atoms with Gasteiger partial charge in [-0.05, 0) is 12.1 Å². The number of aromatic nitrogens is 1. The van der Waals surface area contributed by atoms with Crippen LogP contribution >= 0.6 is 11.3 Å². The lowest BCUT2D eigenvalue weighted by molar-refractivity contribution is -0.384. The number of hydrogen-bond acceptors (Lipinski definition) is 5. The van der Waals surface area contributed by atoms with Crippen molar-refractivity contribution in [3.63, 3.8) is 0 Å². The van der Waals surface area contributed by atoms with Crippen molar-refractivity contribution < 1.29 is 4.92 Å². The average molecular weight is 297 g/mol. The van der Waals surface area contributed by atoms with Crippen LogP contribution in [0.25, 0.3) is 21.8 Å². The summed E-state index contributed by atoms with van der Waals surface area (Å²) in [4.78, 5) is 14.9. The van der Waals surface area contributed by atoms with Crippen LogP contribution in [0.15, 0.2) is 53.9 Å². The number of thiazole rings is 1. The van der Waals surface area contributed by atoms with E-state index in [2.05, 4.69) is 4.98 Å². The molecule has 104 valence electrons. The van der Waals surface area contributed by atoms with Crippen LogP contribution < -0.4 is 5.73 Å². The highest BCUT2D eigenvalue weighted by Crippen LogP contribution is 2.32. The smallest absolute Gasteiger partial charge is 0.270 e. The molecule has 0 atom stereocenters. The van der Waals surface area contributed by atoms with E-state index in [1.54, 1.807) is 12.1 Å². The number of rotatable bonds is 3. The van der Waals surface area contributed by atoms with Crippen molar-refractivity contribution in [2.45, 2.75) is 0 Å². The Hall–Kier alpha value is -2.73. The van der Waals surface area contributed by atoms with Gasteiger partial charge >= 0.3 is 0 Å². The fourth-order valence-electron chi connectivity index (χ4n) is 2.00. The van der Waals surface area contributed by atoms with Crippen molar-refractivity contribution in [3.05, 3.63) is 64.0 Å². The second-order valence-electron chi connectivity index (χ2n) is 4.43. The lowest BCUT2D eigenvalue weighted by atomic mass is 10.1. The Bertz CT molecular complexity index is 814. The van der Waals surface area contributed by atoms with Crippen LogP contribution in [0, 0.1) is 10.1 Å². The van der Waals surface area contributed by atoms with Crippen LogP contribution in [0.3, 0.4) is 0 Å². The maximum atomic E-state index is 10.8. The summed E-state index contributed by atoms with van der Waals surface area (Å²) in [6.07, 6.45) is 0. The third-order valence-corrected chi connectivity index (χ3v) is 3.92. The fraction of sp³-hybridized carbons (Fsp3) is 0. The molecule has 0 spiro atoms. The van der Waals surface area contributed by atoms with E-state index in [1.807, 2.05) is 29.6 Å². The molecule has 0 bridgehead atoms. The number of nitro groups is 1. The maximum Gasteiger partial charge on any atom is 0.270 e. The van der Waals surface area contributed by atoms with Gasteiger partial charge in [0.15, 0.2) is 0 Å². The second kappa shape index (κ2) is 5.34. The largest absolute Gasteiger partial charge is 0.398 e. The van der Waals surface area contributed by atoms with Crippen LogP contribution in [-0.2, 0) is 0 Å². The van der Waals surface area contributed by atoms with E-state index in [9.17, 15) is 10.1 Å². The van der Waals surface area contributed by atoms with E-state index in [0.717, 1.165) is 16.1 Å². The first-order chi connectivity index (χ1) is 10.1. The van der Waals surface area contributed by atoms with E-state index >= 15 is 0 Å². The zero-order valence-corrected chi connectivity index (χ0v) is 11.7. The van der Waals surface area contributed by atoms with E-state index in [-0.39, 0.29) is 5.69 Å². The molecule has 0 saturated carbocycles. The van der Waals surface area contributed by atoms with E-state index in [1.165, 1.54) is 23.5 Å². The van der Waals surface area contributed by atoms with Gasteiger partial charge < -0.3 is 5.73 Å². The predicted molar refractivity (Wildman–Crippen MR) is 84.1 cm³/mol. The monoisotopic (exact) mass is 297 g/mol. The average Bonchev–Trinajstić information content (AvgIpc) is 2.97. The molecule has 0 amide bonds. The topological polar surface area (TPSA) is 82.0 Å². The van der Waals surface area contributed by atoms with Gasteiger partial charge in [-0.25, -0.2) is 4.98 Å². The van der Waals surface area contributed by atoms with Crippen molar-refractivity contribution >= 4 is 22.7 Å². The number of nitrogens with two attached hydrogens (primary N) is 1. The molecule has 5 nitrogen and oxygen atoms in total. The predicted octanol–water partition coefficient (Wildman–Crippen LogP) is 3.97. The van der Waals surface area contributed by atoms with Gasteiger partial charge in [-0.3, -0.25) is 10.1 Å². The van der Waals surface area contributed by atoms with Gasteiger partial charge in [-0.2, -0.15) is 0 Å². The number of para-hydroxylation sites is 1. The summed E-state index contributed by atoms with van der Waals surface area (Å²) in [7, 11) is 0. The molecule has 0 radical (unpaired) electrons. The summed E-state index contributed by atoms with van der Waals surface area (Å²) in [6.45, 7) is 0. The van der Waals surface area contributed by atoms with Crippen LogP contribution in [0.1, 0.15) is 0 Å². The minimum Gasteiger partial charge on any atom is -0.398 e. The Balaban J connectivity index is 2.01. The highest BCUT2D eigenvalue weighted by molar-refractivity contribution is 7.13. The van der Waals surface area contributed by atoms with Crippen molar-refractivity contribution in [1.29, 1.82) is 0 Å². The number of non-ortho nitro benzene ring substituents is 1. The minimum atomic E-state index is -0.411. The third kappa shape index (κ3) is 2.61. The molecule has 3 rings (SSSR count). The molecule has 3 aromatic rings. The summed E-state index contributed by atoms with van der Waals surface area (Å²) < 4.78 is 0. The molecule has 0 fully saturated rings.